The van der Waals surface area contributed by atoms with Crippen LogP contribution in [0.5, 0.6) is 0 Å². The van der Waals surface area contributed by atoms with E-state index in [0.717, 1.165) is 0 Å². The van der Waals surface area contributed by atoms with Gasteiger partial charge in [-0.3, -0.25) is 0 Å². The highest BCUT2D eigenvalue weighted by atomic mass is 32.2. The summed E-state index contributed by atoms with van der Waals surface area (Å²) in [6.45, 7) is 8.91. The summed E-state index contributed by atoms with van der Waals surface area (Å²) in [5, 5.41) is 0. The SMILES string of the molecule is Cc1cc(-c2ccccc2)cc(C)c1Sc1c(C)cc(-c2ccccc2)cc1C. The first-order valence-electron chi connectivity index (χ1n) is 10.0. The third-order valence-electron chi connectivity index (χ3n) is 5.34. The van der Waals surface area contributed by atoms with Crippen molar-refractivity contribution in [2.45, 2.75) is 37.5 Å². The lowest BCUT2D eigenvalue weighted by Gasteiger charge is -2.17. The Kier molecular flexibility index (Phi) is 5.60. The van der Waals surface area contributed by atoms with Gasteiger partial charge in [0.25, 0.3) is 0 Å². The molecule has 0 spiro atoms. The monoisotopic (exact) mass is 394 g/mol. The Labute approximate surface area is 178 Å². The van der Waals surface area contributed by atoms with Crippen LogP contribution < -0.4 is 0 Å². The van der Waals surface area contributed by atoms with E-state index >= 15 is 0 Å². The van der Waals surface area contributed by atoms with E-state index in [0.29, 0.717) is 0 Å². The predicted molar refractivity (Wildman–Crippen MR) is 127 cm³/mol. The van der Waals surface area contributed by atoms with Crippen LogP contribution in [0.15, 0.2) is 94.7 Å². The van der Waals surface area contributed by atoms with Gasteiger partial charge >= 0.3 is 0 Å². The van der Waals surface area contributed by atoms with Gasteiger partial charge in [-0.1, -0.05) is 96.7 Å². The summed E-state index contributed by atoms with van der Waals surface area (Å²) >= 11 is 1.90. The fraction of sp³-hybridized carbons (Fsp3) is 0.143. The van der Waals surface area contributed by atoms with Gasteiger partial charge in [0.2, 0.25) is 0 Å². The van der Waals surface area contributed by atoms with E-state index in [2.05, 4.69) is 113 Å². The van der Waals surface area contributed by atoms with Crippen molar-refractivity contribution in [1.29, 1.82) is 0 Å². The highest BCUT2D eigenvalue weighted by Crippen LogP contribution is 2.40. The maximum Gasteiger partial charge on any atom is 0.0181 e. The molecule has 4 aromatic carbocycles. The van der Waals surface area contributed by atoms with Gasteiger partial charge in [0.1, 0.15) is 0 Å². The van der Waals surface area contributed by atoms with E-state index in [1.54, 1.807) is 0 Å². The zero-order valence-electron chi connectivity index (χ0n) is 17.5. The summed E-state index contributed by atoms with van der Waals surface area (Å²) in [6.07, 6.45) is 0. The summed E-state index contributed by atoms with van der Waals surface area (Å²) in [5.41, 5.74) is 10.5. The minimum absolute atomic E-state index is 1.27. The molecule has 4 rings (SSSR count). The minimum atomic E-state index is 1.27. The van der Waals surface area contributed by atoms with Crippen molar-refractivity contribution in [2.75, 3.05) is 0 Å². The fourth-order valence-electron chi connectivity index (χ4n) is 3.92. The summed E-state index contributed by atoms with van der Waals surface area (Å²) in [4.78, 5) is 2.73. The number of aryl methyl sites for hydroxylation is 4. The van der Waals surface area contributed by atoms with Crippen LogP contribution in [0.2, 0.25) is 0 Å². The molecule has 0 heterocycles. The molecule has 0 aliphatic heterocycles. The van der Waals surface area contributed by atoms with E-state index in [4.69, 9.17) is 0 Å². The largest absolute Gasteiger partial charge is 0.0890 e. The van der Waals surface area contributed by atoms with Crippen LogP contribution in [0.25, 0.3) is 22.3 Å². The van der Waals surface area contributed by atoms with Gasteiger partial charge in [0.15, 0.2) is 0 Å². The Balaban J connectivity index is 1.69. The molecule has 0 bridgehead atoms. The molecule has 0 saturated carbocycles. The molecule has 0 aliphatic rings. The highest BCUT2D eigenvalue weighted by molar-refractivity contribution is 7.99. The predicted octanol–water partition coefficient (Wildman–Crippen LogP) is 8.41. The third kappa shape index (κ3) is 4.16. The van der Waals surface area contributed by atoms with Gasteiger partial charge in [-0.15, -0.1) is 0 Å². The first-order chi connectivity index (χ1) is 14.0. The summed E-state index contributed by atoms with van der Waals surface area (Å²) < 4.78 is 0. The average molecular weight is 395 g/mol. The van der Waals surface area contributed by atoms with Gasteiger partial charge in [0, 0.05) is 9.79 Å². The quantitative estimate of drug-likeness (QED) is 0.335. The van der Waals surface area contributed by atoms with Crippen LogP contribution in [-0.2, 0) is 0 Å². The van der Waals surface area contributed by atoms with Crippen LogP contribution in [0.3, 0.4) is 0 Å². The molecule has 0 amide bonds. The molecule has 0 radical (unpaired) electrons. The normalized spacial score (nSPS) is 10.9. The smallest absolute Gasteiger partial charge is 0.0181 e. The van der Waals surface area contributed by atoms with Crippen molar-refractivity contribution < 1.29 is 0 Å². The Bertz CT molecular complexity index is 1000. The topological polar surface area (TPSA) is 0 Å². The lowest BCUT2D eigenvalue weighted by Crippen LogP contribution is -1.92. The molecule has 0 N–H and O–H groups in total. The highest BCUT2D eigenvalue weighted by Gasteiger charge is 2.13. The molecule has 29 heavy (non-hydrogen) atoms. The number of benzene rings is 4. The van der Waals surface area contributed by atoms with Crippen molar-refractivity contribution >= 4 is 11.8 Å². The maximum absolute atomic E-state index is 2.31. The Hall–Kier alpha value is -2.77. The fourth-order valence-corrected chi connectivity index (χ4v) is 5.00. The second-order valence-corrected chi connectivity index (χ2v) is 8.73. The van der Waals surface area contributed by atoms with Crippen molar-refractivity contribution in [1.82, 2.24) is 0 Å². The second-order valence-electron chi connectivity index (χ2n) is 7.71. The van der Waals surface area contributed by atoms with Crippen LogP contribution in [0.4, 0.5) is 0 Å². The van der Waals surface area contributed by atoms with E-state index in [-0.39, 0.29) is 0 Å². The van der Waals surface area contributed by atoms with Crippen LogP contribution in [0, 0.1) is 27.7 Å². The summed E-state index contributed by atoms with van der Waals surface area (Å²) in [5.74, 6) is 0. The molecule has 0 atom stereocenters. The van der Waals surface area contributed by atoms with Gasteiger partial charge < -0.3 is 0 Å². The standard InChI is InChI=1S/C28H26S/c1-19-15-25(23-11-7-5-8-12-23)16-20(2)27(19)29-28-21(3)17-26(18-22(28)4)24-13-9-6-10-14-24/h5-18H,1-4H3. The Morgan fingerprint density at radius 2 is 0.724 bits per heavy atom. The zero-order chi connectivity index (χ0) is 20.4. The van der Waals surface area contributed by atoms with Gasteiger partial charge in [-0.2, -0.15) is 0 Å². The molecular formula is C28H26S. The lowest BCUT2D eigenvalue weighted by molar-refractivity contribution is 1.18. The molecular weight excluding hydrogens is 368 g/mol. The zero-order valence-corrected chi connectivity index (χ0v) is 18.3. The molecule has 144 valence electrons. The molecule has 0 aliphatic carbocycles. The van der Waals surface area contributed by atoms with Crippen molar-refractivity contribution in [2.24, 2.45) is 0 Å². The number of rotatable bonds is 4. The van der Waals surface area contributed by atoms with Crippen molar-refractivity contribution in [3.8, 4) is 22.3 Å². The molecule has 0 nitrogen and oxygen atoms in total. The average Bonchev–Trinajstić information content (AvgIpc) is 2.73. The molecule has 0 fully saturated rings. The van der Waals surface area contributed by atoms with Crippen molar-refractivity contribution in [3.05, 3.63) is 107 Å². The Morgan fingerprint density at radius 1 is 0.414 bits per heavy atom. The molecule has 0 unspecified atom stereocenters. The van der Waals surface area contributed by atoms with Gasteiger partial charge in [-0.05, 0) is 72.2 Å². The van der Waals surface area contributed by atoms with E-state index in [1.807, 2.05) is 11.8 Å². The van der Waals surface area contributed by atoms with Crippen LogP contribution >= 0.6 is 11.8 Å². The van der Waals surface area contributed by atoms with E-state index in [9.17, 15) is 0 Å². The van der Waals surface area contributed by atoms with Gasteiger partial charge in [0.05, 0.1) is 0 Å². The summed E-state index contributed by atoms with van der Waals surface area (Å²) in [7, 11) is 0. The van der Waals surface area contributed by atoms with E-state index in [1.165, 1.54) is 54.3 Å². The molecule has 0 aromatic heterocycles. The first-order valence-corrected chi connectivity index (χ1v) is 10.9. The number of hydrogen-bond donors (Lipinski definition) is 0. The lowest BCUT2D eigenvalue weighted by atomic mass is 10.0. The Morgan fingerprint density at radius 3 is 1.03 bits per heavy atom. The van der Waals surface area contributed by atoms with Crippen molar-refractivity contribution in [3.63, 3.8) is 0 Å². The summed E-state index contributed by atoms with van der Waals surface area (Å²) in [6, 6.07) is 30.5. The van der Waals surface area contributed by atoms with Gasteiger partial charge in [-0.25, -0.2) is 0 Å². The van der Waals surface area contributed by atoms with E-state index < -0.39 is 0 Å². The molecule has 4 aromatic rings. The third-order valence-corrected chi connectivity index (χ3v) is 7.04. The van der Waals surface area contributed by atoms with Crippen LogP contribution in [0.1, 0.15) is 22.3 Å². The maximum atomic E-state index is 2.31. The van der Waals surface area contributed by atoms with Crippen LogP contribution in [-0.4, -0.2) is 0 Å². The minimum Gasteiger partial charge on any atom is -0.0890 e. The first kappa shape index (κ1) is 19.5. The second kappa shape index (κ2) is 8.31. The molecule has 0 saturated heterocycles. The number of hydrogen-bond acceptors (Lipinski definition) is 1. The molecule has 1 heteroatoms.